The van der Waals surface area contributed by atoms with E-state index in [-0.39, 0.29) is 4.90 Å². The second-order valence-electron chi connectivity index (χ2n) is 6.42. The van der Waals surface area contributed by atoms with Crippen molar-refractivity contribution in [3.63, 3.8) is 0 Å². The van der Waals surface area contributed by atoms with E-state index in [0.29, 0.717) is 28.6 Å². The second kappa shape index (κ2) is 7.55. The molecule has 28 heavy (non-hydrogen) atoms. The van der Waals surface area contributed by atoms with Crippen LogP contribution in [0.4, 0.5) is 5.69 Å². The molecule has 0 aliphatic carbocycles. The molecule has 1 heterocycles. The third-order valence-corrected chi connectivity index (χ3v) is 6.04. The molecule has 148 valence electrons. The van der Waals surface area contributed by atoms with Crippen LogP contribution in [-0.2, 0) is 10.0 Å². The molecule has 0 aliphatic heterocycles. The van der Waals surface area contributed by atoms with E-state index in [1.54, 1.807) is 36.7 Å². The van der Waals surface area contributed by atoms with Crippen molar-refractivity contribution < 1.29 is 17.9 Å². The van der Waals surface area contributed by atoms with Gasteiger partial charge >= 0.3 is 0 Å². The summed E-state index contributed by atoms with van der Waals surface area (Å²) in [5.41, 5.74) is 3.14. The lowest BCUT2D eigenvalue weighted by atomic mass is 10.2. The van der Waals surface area contributed by atoms with E-state index < -0.39 is 10.0 Å². The number of hydrogen-bond donors (Lipinski definition) is 1. The summed E-state index contributed by atoms with van der Waals surface area (Å²) in [6.07, 6.45) is 0. The molecule has 0 fully saturated rings. The first-order chi connectivity index (χ1) is 13.3. The lowest BCUT2D eigenvalue weighted by Crippen LogP contribution is -2.15. The number of methoxy groups -OCH3 is 2. The Morgan fingerprint density at radius 3 is 2.25 bits per heavy atom. The van der Waals surface area contributed by atoms with Crippen molar-refractivity contribution in [2.24, 2.45) is 0 Å². The number of rotatable bonds is 6. The summed E-state index contributed by atoms with van der Waals surface area (Å²) < 4.78 is 41.0. The van der Waals surface area contributed by atoms with Crippen LogP contribution in [0.5, 0.6) is 11.5 Å². The van der Waals surface area contributed by atoms with Gasteiger partial charge in [-0.25, -0.2) is 13.1 Å². The number of aryl methyl sites for hydroxylation is 2. The topological polar surface area (TPSA) is 82.4 Å². The Hall–Kier alpha value is -3.00. The minimum atomic E-state index is -3.90. The van der Waals surface area contributed by atoms with Crippen LogP contribution in [0.25, 0.3) is 5.69 Å². The number of ether oxygens (including phenoxy) is 2. The van der Waals surface area contributed by atoms with E-state index in [1.165, 1.54) is 14.2 Å². The number of benzene rings is 2. The largest absolute Gasteiger partial charge is 0.497 e. The van der Waals surface area contributed by atoms with E-state index in [9.17, 15) is 8.42 Å². The third kappa shape index (κ3) is 3.68. The van der Waals surface area contributed by atoms with Crippen molar-refractivity contribution in [3.05, 3.63) is 59.4 Å². The van der Waals surface area contributed by atoms with E-state index in [2.05, 4.69) is 9.82 Å². The standard InChI is InChI=1S/C20H23N3O4S/c1-13-6-8-16(9-7-13)23-15(3)20(14(2)21-23)28(24,25)22-18-12-17(26-4)10-11-19(18)27-5/h6-12,22H,1-5H3. The molecular formula is C20H23N3O4S. The predicted molar refractivity (Wildman–Crippen MR) is 108 cm³/mol. The summed E-state index contributed by atoms with van der Waals surface area (Å²) in [5, 5.41) is 4.44. The van der Waals surface area contributed by atoms with Gasteiger partial charge in [-0.3, -0.25) is 4.72 Å². The molecule has 0 unspecified atom stereocenters. The van der Waals surface area contributed by atoms with Crippen molar-refractivity contribution in [1.29, 1.82) is 0 Å². The Labute approximate surface area is 165 Å². The SMILES string of the molecule is COc1ccc(OC)c(NS(=O)(=O)c2c(C)nn(-c3ccc(C)cc3)c2C)c1. The maximum absolute atomic E-state index is 13.1. The lowest BCUT2D eigenvalue weighted by Gasteiger charge is -2.13. The number of hydrogen-bond acceptors (Lipinski definition) is 5. The highest BCUT2D eigenvalue weighted by molar-refractivity contribution is 7.92. The number of nitrogens with zero attached hydrogens (tertiary/aromatic N) is 2. The monoisotopic (exact) mass is 401 g/mol. The van der Waals surface area contributed by atoms with Gasteiger partial charge in [0.2, 0.25) is 0 Å². The van der Waals surface area contributed by atoms with E-state index in [4.69, 9.17) is 9.47 Å². The fraction of sp³-hybridized carbons (Fsp3) is 0.250. The van der Waals surface area contributed by atoms with Crippen LogP contribution < -0.4 is 14.2 Å². The molecule has 0 radical (unpaired) electrons. The lowest BCUT2D eigenvalue weighted by molar-refractivity contribution is 0.405. The highest BCUT2D eigenvalue weighted by Crippen LogP contribution is 2.32. The molecule has 0 bridgehead atoms. The molecule has 3 aromatic rings. The fourth-order valence-corrected chi connectivity index (χ4v) is 4.50. The molecule has 1 aromatic heterocycles. The van der Waals surface area contributed by atoms with Crippen LogP contribution in [0.1, 0.15) is 17.0 Å². The fourth-order valence-electron chi connectivity index (χ4n) is 3.04. The third-order valence-electron chi connectivity index (χ3n) is 4.42. The summed E-state index contributed by atoms with van der Waals surface area (Å²) in [6.45, 7) is 5.40. The quantitative estimate of drug-likeness (QED) is 0.682. The molecule has 8 heteroatoms. The summed E-state index contributed by atoms with van der Waals surface area (Å²) in [4.78, 5) is 0.137. The number of sulfonamides is 1. The Kier molecular flexibility index (Phi) is 5.33. The Morgan fingerprint density at radius 1 is 0.964 bits per heavy atom. The molecule has 0 aliphatic rings. The number of aromatic nitrogens is 2. The van der Waals surface area contributed by atoms with Crippen molar-refractivity contribution in [1.82, 2.24) is 9.78 Å². The van der Waals surface area contributed by atoms with Gasteiger partial charge in [0.15, 0.2) is 0 Å². The maximum atomic E-state index is 13.1. The van der Waals surface area contributed by atoms with Gasteiger partial charge < -0.3 is 9.47 Å². The Bertz CT molecular complexity index is 1100. The maximum Gasteiger partial charge on any atom is 0.265 e. The minimum Gasteiger partial charge on any atom is -0.497 e. The van der Waals surface area contributed by atoms with Crippen LogP contribution in [0, 0.1) is 20.8 Å². The number of nitrogens with one attached hydrogen (secondary N) is 1. The van der Waals surface area contributed by atoms with Crippen LogP contribution in [0.2, 0.25) is 0 Å². The molecule has 1 N–H and O–H groups in total. The summed E-state index contributed by atoms with van der Waals surface area (Å²) in [7, 11) is -0.905. The summed E-state index contributed by atoms with van der Waals surface area (Å²) in [6, 6.07) is 12.6. The second-order valence-corrected chi connectivity index (χ2v) is 8.04. The van der Waals surface area contributed by atoms with Crippen molar-refractivity contribution in [2.45, 2.75) is 25.7 Å². The normalized spacial score (nSPS) is 11.3. The molecule has 0 atom stereocenters. The van der Waals surface area contributed by atoms with E-state index in [1.807, 2.05) is 31.2 Å². The molecule has 0 amide bonds. The van der Waals surface area contributed by atoms with Crippen LogP contribution in [0.15, 0.2) is 47.4 Å². The average molecular weight is 401 g/mol. The Balaban J connectivity index is 2.05. The zero-order valence-electron chi connectivity index (χ0n) is 16.5. The zero-order valence-corrected chi connectivity index (χ0v) is 17.3. The molecule has 3 rings (SSSR count). The van der Waals surface area contributed by atoms with Gasteiger partial charge in [-0.1, -0.05) is 17.7 Å². The van der Waals surface area contributed by atoms with E-state index in [0.717, 1.165) is 11.3 Å². The number of anilines is 1. The zero-order chi connectivity index (χ0) is 20.5. The van der Waals surface area contributed by atoms with Crippen LogP contribution in [-0.4, -0.2) is 32.4 Å². The smallest absolute Gasteiger partial charge is 0.265 e. The highest BCUT2D eigenvalue weighted by atomic mass is 32.2. The van der Waals surface area contributed by atoms with Gasteiger partial charge in [-0.2, -0.15) is 5.10 Å². The molecule has 0 saturated carbocycles. The first-order valence-electron chi connectivity index (χ1n) is 8.65. The van der Waals surface area contributed by atoms with Gasteiger partial charge in [0, 0.05) is 6.07 Å². The molecule has 0 saturated heterocycles. The molecule has 0 spiro atoms. The molecule has 7 nitrogen and oxygen atoms in total. The van der Waals surface area contributed by atoms with E-state index >= 15 is 0 Å². The molecule has 2 aromatic carbocycles. The van der Waals surface area contributed by atoms with Crippen molar-refractivity contribution >= 4 is 15.7 Å². The van der Waals surface area contributed by atoms with Gasteiger partial charge in [0.1, 0.15) is 16.4 Å². The highest BCUT2D eigenvalue weighted by Gasteiger charge is 2.26. The first kappa shape index (κ1) is 19.8. The van der Waals surface area contributed by atoms with Crippen molar-refractivity contribution in [2.75, 3.05) is 18.9 Å². The summed E-state index contributed by atoms with van der Waals surface area (Å²) in [5.74, 6) is 0.910. The minimum absolute atomic E-state index is 0.137. The average Bonchev–Trinajstić information content (AvgIpc) is 2.97. The molecular weight excluding hydrogens is 378 g/mol. The van der Waals surface area contributed by atoms with Gasteiger partial charge in [-0.15, -0.1) is 0 Å². The summed E-state index contributed by atoms with van der Waals surface area (Å²) >= 11 is 0. The Morgan fingerprint density at radius 2 is 1.64 bits per heavy atom. The van der Waals surface area contributed by atoms with Crippen molar-refractivity contribution in [3.8, 4) is 17.2 Å². The van der Waals surface area contributed by atoms with Crippen LogP contribution >= 0.6 is 0 Å². The predicted octanol–water partition coefficient (Wildman–Crippen LogP) is 3.62. The first-order valence-corrected chi connectivity index (χ1v) is 10.1. The van der Waals surface area contributed by atoms with Gasteiger partial charge in [0.25, 0.3) is 10.0 Å². The van der Waals surface area contributed by atoms with Gasteiger partial charge in [0.05, 0.1) is 37.0 Å². The van der Waals surface area contributed by atoms with Gasteiger partial charge in [-0.05, 0) is 45.0 Å². The van der Waals surface area contributed by atoms with Crippen LogP contribution in [0.3, 0.4) is 0 Å².